The predicted octanol–water partition coefficient (Wildman–Crippen LogP) is 13.1. The summed E-state index contributed by atoms with van der Waals surface area (Å²) in [6, 6.07) is 0. The summed E-state index contributed by atoms with van der Waals surface area (Å²) in [6.45, 7) is 10.6. The molecular weight excluding hydrogens is 821 g/mol. The van der Waals surface area contributed by atoms with Crippen LogP contribution in [0.2, 0.25) is 0 Å². The number of ketones is 1. The van der Waals surface area contributed by atoms with E-state index in [2.05, 4.69) is 52.0 Å². The highest BCUT2D eigenvalue weighted by Crippen LogP contribution is 2.67. The molecule has 0 bridgehead atoms. The molecule has 0 aromatic rings. The summed E-state index contributed by atoms with van der Waals surface area (Å²) in [5, 5.41) is 0. The number of rotatable bonds is 32. The van der Waals surface area contributed by atoms with Gasteiger partial charge in [-0.1, -0.05) is 90.5 Å². The molecule has 4 rings (SSSR count). The summed E-state index contributed by atoms with van der Waals surface area (Å²) in [5.74, 6) is 1.80. The van der Waals surface area contributed by atoms with Crippen LogP contribution in [0.25, 0.3) is 0 Å². The molecule has 0 aromatic heterocycles. The first kappa shape index (κ1) is 54.6. The number of hydrogen-bond acceptors (Lipinski definition) is 10. The average Bonchev–Trinajstić information content (AvgIpc) is 3.65. The van der Waals surface area contributed by atoms with E-state index in [1.54, 1.807) is 6.92 Å². The molecule has 0 N–H and O–H groups in total. The van der Waals surface area contributed by atoms with E-state index < -0.39 is 12.1 Å². The molecule has 4 saturated carbocycles. The van der Waals surface area contributed by atoms with Gasteiger partial charge in [-0.25, -0.2) is 0 Å². The normalized spacial score (nSPS) is 27.3. The fourth-order valence-corrected chi connectivity index (χ4v) is 12.4. The Morgan fingerprint density at radius 1 is 0.554 bits per heavy atom. The zero-order valence-electron chi connectivity index (χ0n) is 41.6. The Balaban J connectivity index is 1.10. The molecular formula is C55H90O10. The van der Waals surface area contributed by atoms with Gasteiger partial charge in [0.2, 0.25) is 0 Å². The Hall–Kier alpha value is -3.01. The van der Waals surface area contributed by atoms with Crippen LogP contribution >= 0.6 is 0 Å². The van der Waals surface area contributed by atoms with Crippen molar-refractivity contribution in [2.75, 3.05) is 20.0 Å². The van der Waals surface area contributed by atoms with Gasteiger partial charge in [0.05, 0.1) is 6.10 Å². The number of unbranched alkanes of at least 4 members (excludes halogenated alkanes) is 11. The number of esters is 4. The highest BCUT2D eigenvalue weighted by molar-refractivity contribution is 5.79. The molecule has 8 atom stereocenters. The van der Waals surface area contributed by atoms with E-state index in [9.17, 15) is 24.0 Å². The van der Waals surface area contributed by atoms with Crippen molar-refractivity contribution in [1.82, 2.24) is 0 Å². The maximum Gasteiger partial charge on any atom is 0.307 e. The summed E-state index contributed by atoms with van der Waals surface area (Å²) in [7, 11) is 0. The second-order valence-corrected chi connectivity index (χ2v) is 20.7. The molecule has 0 saturated heterocycles. The molecule has 0 radical (unpaired) electrons. The maximum atomic E-state index is 12.9. The van der Waals surface area contributed by atoms with Gasteiger partial charge in [-0.15, -0.1) is 0 Å². The van der Waals surface area contributed by atoms with Crippen molar-refractivity contribution in [2.24, 2.45) is 40.4 Å². The van der Waals surface area contributed by atoms with Gasteiger partial charge in [-0.05, 0) is 163 Å². The monoisotopic (exact) mass is 911 g/mol. The van der Waals surface area contributed by atoms with Gasteiger partial charge in [0.25, 0.3) is 0 Å². The Bertz CT molecular complexity index is 1460. The topological polar surface area (TPSA) is 132 Å². The highest BCUT2D eigenvalue weighted by atomic mass is 16.7. The van der Waals surface area contributed by atoms with Gasteiger partial charge in [-0.3, -0.25) is 24.0 Å². The molecule has 1 unspecified atom stereocenters. The molecule has 0 amide bonds. The molecule has 370 valence electrons. The molecule has 10 nitrogen and oxygen atoms in total. The van der Waals surface area contributed by atoms with Crippen LogP contribution in [0.3, 0.4) is 0 Å². The number of Topliss-reactive ketones (excluding diaryl/α,β-unsaturated/α-hetero) is 1. The average molecular weight is 911 g/mol. The zero-order chi connectivity index (χ0) is 46.9. The maximum absolute atomic E-state index is 12.9. The Morgan fingerprint density at radius 2 is 1.06 bits per heavy atom. The number of ether oxygens (including phenoxy) is 5. The molecule has 0 aliphatic heterocycles. The molecule has 4 aliphatic rings. The Kier molecular flexibility index (Phi) is 24.9. The standard InChI is InChI=1S/C55H90O10/c1-6-8-10-12-14-16-18-20-22-26-50(57)61-39-45(40-62-51(58)27-23-21-19-17-15-13-11-9-7-2)65-53(60)29-25-24-28-52(59)64-41-63-44-34-36-54(4)43(38-44)30-31-46-48-33-32-47(42(3)56)55(48,5)37-35-49(46)54/h8-11,43-49H,6-7,12-41H2,1-5H3/b10-8-,11-9-/t43-,44+,46-,47?,48-,49-,54-,55+/m0/s1. The van der Waals surface area contributed by atoms with E-state index in [1.165, 1.54) is 32.1 Å². The third-order valence-electron chi connectivity index (χ3n) is 16.1. The first-order valence-electron chi connectivity index (χ1n) is 26.5. The van der Waals surface area contributed by atoms with Gasteiger partial charge in [-0.2, -0.15) is 0 Å². The van der Waals surface area contributed by atoms with Crippen molar-refractivity contribution in [3.63, 3.8) is 0 Å². The van der Waals surface area contributed by atoms with Crippen LogP contribution in [-0.4, -0.2) is 61.9 Å². The lowest BCUT2D eigenvalue weighted by Gasteiger charge is -2.61. The van der Waals surface area contributed by atoms with E-state index in [-0.39, 0.29) is 68.2 Å². The van der Waals surface area contributed by atoms with Crippen LogP contribution in [0.5, 0.6) is 0 Å². The molecule has 0 spiro atoms. The summed E-state index contributed by atoms with van der Waals surface area (Å²) in [4.78, 5) is 63.2. The first-order valence-corrected chi connectivity index (χ1v) is 26.5. The van der Waals surface area contributed by atoms with Crippen LogP contribution in [0.1, 0.15) is 221 Å². The van der Waals surface area contributed by atoms with E-state index in [1.807, 2.05) is 0 Å². The Morgan fingerprint density at radius 3 is 1.65 bits per heavy atom. The van der Waals surface area contributed by atoms with E-state index >= 15 is 0 Å². The minimum Gasteiger partial charge on any atom is -0.462 e. The lowest BCUT2D eigenvalue weighted by atomic mass is 9.44. The lowest BCUT2D eigenvalue weighted by molar-refractivity contribution is -0.174. The molecule has 10 heteroatoms. The number of carbonyl (C=O) groups is 5. The third kappa shape index (κ3) is 18.2. The fraction of sp³-hybridized carbons (Fsp3) is 0.836. The summed E-state index contributed by atoms with van der Waals surface area (Å²) < 4.78 is 28.2. The smallest absolute Gasteiger partial charge is 0.307 e. The minimum absolute atomic E-state index is 0.0547. The summed E-state index contributed by atoms with van der Waals surface area (Å²) in [6.07, 6.45) is 34.4. The zero-order valence-corrected chi connectivity index (χ0v) is 41.6. The van der Waals surface area contributed by atoms with Crippen LogP contribution in [-0.2, 0) is 47.7 Å². The van der Waals surface area contributed by atoms with Gasteiger partial charge >= 0.3 is 23.9 Å². The number of carbonyl (C=O) groups excluding carboxylic acids is 5. The lowest BCUT2D eigenvalue weighted by Crippen LogP contribution is -2.54. The van der Waals surface area contributed by atoms with Gasteiger partial charge < -0.3 is 23.7 Å². The van der Waals surface area contributed by atoms with Crippen LogP contribution < -0.4 is 0 Å². The van der Waals surface area contributed by atoms with Crippen molar-refractivity contribution < 1.29 is 47.7 Å². The SMILES string of the molecule is CC/C=C\CCCCCCCC(=O)OCC(COC(=O)CCCCCCC/C=C\CC)OC(=O)CCCCC(=O)OCO[C@@H]1CC[C@@]2(C)[C@@H](CC[C@@H]3[C@@H]2CC[C@]2(C)C(C(C)=O)CC[C@@H]32)C1. The number of allylic oxidation sites excluding steroid dienone is 4. The first-order chi connectivity index (χ1) is 31.4. The van der Waals surface area contributed by atoms with Crippen LogP contribution in [0.15, 0.2) is 24.3 Å². The minimum atomic E-state index is -0.899. The Labute approximate surface area is 393 Å². The van der Waals surface area contributed by atoms with Crippen molar-refractivity contribution in [1.29, 1.82) is 0 Å². The molecule has 0 aromatic carbocycles. The molecule has 65 heavy (non-hydrogen) atoms. The highest BCUT2D eigenvalue weighted by Gasteiger charge is 2.60. The van der Waals surface area contributed by atoms with E-state index in [4.69, 9.17) is 23.7 Å². The third-order valence-corrected chi connectivity index (χ3v) is 16.1. The number of hydrogen-bond donors (Lipinski definition) is 0. The van der Waals surface area contributed by atoms with Gasteiger partial charge in [0.15, 0.2) is 12.9 Å². The van der Waals surface area contributed by atoms with Crippen molar-refractivity contribution in [2.45, 2.75) is 233 Å². The second kappa shape index (κ2) is 29.7. The summed E-state index contributed by atoms with van der Waals surface area (Å²) >= 11 is 0. The quantitative estimate of drug-likeness (QED) is 0.0211. The van der Waals surface area contributed by atoms with Gasteiger partial charge in [0.1, 0.15) is 19.0 Å². The van der Waals surface area contributed by atoms with E-state index in [0.717, 1.165) is 127 Å². The largest absolute Gasteiger partial charge is 0.462 e. The second-order valence-electron chi connectivity index (χ2n) is 20.7. The number of fused-ring (bicyclic) bond motifs is 5. The predicted molar refractivity (Wildman–Crippen MR) is 255 cm³/mol. The van der Waals surface area contributed by atoms with Crippen molar-refractivity contribution in [3.8, 4) is 0 Å². The molecule has 0 heterocycles. The summed E-state index contributed by atoms with van der Waals surface area (Å²) in [5.41, 5.74) is 0.485. The molecule has 4 aliphatic carbocycles. The fourth-order valence-electron chi connectivity index (χ4n) is 12.4. The van der Waals surface area contributed by atoms with Gasteiger partial charge in [0, 0.05) is 31.6 Å². The molecule has 4 fully saturated rings. The van der Waals surface area contributed by atoms with E-state index in [0.29, 0.717) is 48.7 Å². The van der Waals surface area contributed by atoms with Crippen molar-refractivity contribution >= 4 is 29.7 Å². The van der Waals surface area contributed by atoms with Crippen LogP contribution in [0, 0.1) is 40.4 Å². The van der Waals surface area contributed by atoms with Crippen molar-refractivity contribution in [3.05, 3.63) is 24.3 Å². The van der Waals surface area contributed by atoms with Crippen LogP contribution in [0.4, 0.5) is 0 Å².